The summed E-state index contributed by atoms with van der Waals surface area (Å²) in [5.74, 6) is -0.220. The van der Waals surface area contributed by atoms with Gasteiger partial charge in [0.25, 0.3) is 0 Å². The van der Waals surface area contributed by atoms with Crippen LogP contribution in [0.1, 0.15) is 13.8 Å². The molecular weight excluding hydrogens is 234 g/mol. The molecule has 2 amide bonds. The van der Waals surface area contributed by atoms with E-state index in [9.17, 15) is 9.59 Å². The van der Waals surface area contributed by atoms with Crippen molar-refractivity contribution in [1.29, 1.82) is 0 Å². The first-order valence-electron chi connectivity index (χ1n) is 6.20. The molecule has 0 radical (unpaired) electrons. The minimum atomic E-state index is -0.235. The molecule has 0 saturated carbocycles. The Morgan fingerprint density at radius 3 is 2.28 bits per heavy atom. The number of hydrogen-bond acceptors (Lipinski definition) is 4. The summed E-state index contributed by atoms with van der Waals surface area (Å²) in [5, 5.41) is 3.11. The highest BCUT2D eigenvalue weighted by Crippen LogP contribution is 2.15. The van der Waals surface area contributed by atoms with Crippen LogP contribution in [0.25, 0.3) is 0 Å². The van der Waals surface area contributed by atoms with Crippen molar-refractivity contribution in [3.63, 3.8) is 0 Å². The average Bonchev–Trinajstić information content (AvgIpc) is 2.29. The van der Waals surface area contributed by atoms with E-state index in [1.807, 2.05) is 13.8 Å². The molecular formula is C12H23N3O3. The fraction of sp³-hybridized carbons (Fsp3) is 0.833. The van der Waals surface area contributed by atoms with Crippen LogP contribution in [0.2, 0.25) is 0 Å². The molecule has 0 spiro atoms. The first-order chi connectivity index (χ1) is 8.38. The smallest absolute Gasteiger partial charge is 0.249 e. The van der Waals surface area contributed by atoms with Crippen LogP contribution in [0, 0.1) is 0 Å². The minimum Gasteiger partial charge on any atom is -0.363 e. The number of ether oxygens (including phenoxy) is 1. The van der Waals surface area contributed by atoms with Crippen LogP contribution >= 0.6 is 0 Å². The first kappa shape index (κ1) is 14.9. The van der Waals surface area contributed by atoms with Crippen molar-refractivity contribution in [2.24, 2.45) is 0 Å². The van der Waals surface area contributed by atoms with Gasteiger partial charge in [-0.3, -0.25) is 9.59 Å². The molecule has 0 atom stereocenters. The third kappa shape index (κ3) is 3.96. The number of carbonyl (C=O) groups is 2. The number of hydrogen-bond donors (Lipinski definition) is 1. The van der Waals surface area contributed by atoms with Crippen LogP contribution in [0.15, 0.2) is 0 Å². The van der Waals surface area contributed by atoms with Gasteiger partial charge in [-0.15, -0.1) is 0 Å². The highest BCUT2D eigenvalue weighted by Gasteiger charge is 2.33. The molecule has 1 aliphatic heterocycles. The summed E-state index contributed by atoms with van der Waals surface area (Å²) in [6.45, 7) is 6.02. The van der Waals surface area contributed by atoms with E-state index in [0.717, 1.165) is 13.1 Å². The van der Waals surface area contributed by atoms with Crippen LogP contribution in [0.5, 0.6) is 0 Å². The van der Waals surface area contributed by atoms with Crippen LogP contribution in [0.4, 0.5) is 0 Å². The molecule has 0 aliphatic carbocycles. The molecule has 0 aromatic heterocycles. The van der Waals surface area contributed by atoms with Crippen molar-refractivity contribution < 1.29 is 14.3 Å². The van der Waals surface area contributed by atoms with Gasteiger partial charge < -0.3 is 19.9 Å². The largest absolute Gasteiger partial charge is 0.363 e. The van der Waals surface area contributed by atoms with E-state index in [1.54, 1.807) is 14.1 Å². The van der Waals surface area contributed by atoms with Gasteiger partial charge in [0, 0.05) is 33.7 Å². The zero-order valence-corrected chi connectivity index (χ0v) is 11.7. The molecule has 18 heavy (non-hydrogen) atoms. The summed E-state index contributed by atoms with van der Waals surface area (Å²) in [6.07, 6.45) is 0. The number of carbonyl (C=O) groups excluding carboxylic acids is 2. The SMILES string of the molecule is CCN(CC(=O)N(C)C)C(=O)COC1(C)CNC1. The lowest BCUT2D eigenvalue weighted by Crippen LogP contribution is -2.59. The van der Waals surface area contributed by atoms with Gasteiger partial charge >= 0.3 is 0 Å². The van der Waals surface area contributed by atoms with Gasteiger partial charge in [-0.1, -0.05) is 0 Å². The molecule has 1 aliphatic rings. The van der Waals surface area contributed by atoms with Gasteiger partial charge in [0.15, 0.2) is 0 Å². The molecule has 1 N–H and O–H groups in total. The lowest BCUT2D eigenvalue weighted by atomic mass is 10.0. The lowest BCUT2D eigenvalue weighted by Gasteiger charge is -2.39. The Kier molecular flexibility index (Phi) is 5.10. The second-order valence-electron chi connectivity index (χ2n) is 5.04. The van der Waals surface area contributed by atoms with E-state index in [0.29, 0.717) is 6.54 Å². The Morgan fingerprint density at radius 1 is 1.28 bits per heavy atom. The average molecular weight is 257 g/mol. The molecule has 0 aromatic carbocycles. The number of nitrogens with zero attached hydrogens (tertiary/aromatic N) is 2. The summed E-state index contributed by atoms with van der Waals surface area (Å²) in [6, 6.07) is 0. The van der Waals surface area contributed by atoms with Crippen molar-refractivity contribution in [3.8, 4) is 0 Å². The van der Waals surface area contributed by atoms with Gasteiger partial charge in [-0.05, 0) is 13.8 Å². The Balaban J connectivity index is 2.39. The number of rotatable bonds is 6. The van der Waals surface area contributed by atoms with Crippen molar-refractivity contribution in [1.82, 2.24) is 15.1 Å². The van der Waals surface area contributed by atoms with E-state index in [1.165, 1.54) is 9.80 Å². The van der Waals surface area contributed by atoms with Crippen molar-refractivity contribution in [2.75, 3.05) is 46.9 Å². The van der Waals surface area contributed by atoms with E-state index >= 15 is 0 Å². The maximum Gasteiger partial charge on any atom is 0.249 e. The summed E-state index contributed by atoms with van der Waals surface area (Å²) >= 11 is 0. The highest BCUT2D eigenvalue weighted by atomic mass is 16.5. The maximum atomic E-state index is 11.9. The third-order valence-electron chi connectivity index (χ3n) is 3.10. The normalized spacial score (nSPS) is 16.9. The Hall–Kier alpha value is -1.14. The lowest BCUT2D eigenvalue weighted by molar-refractivity contribution is -0.149. The third-order valence-corrected chi connectivity index (χ3v) is 3.10. The van der Waals surface area contributed by atoms with Crippen LogP contribution in [-0.4, -0.2) is 74.1 Å². The van der Waals surface area contributed by atoms with Gasteiger partial charge in [-0.25, -0.2) is 0 Å². The predicted molar refractivity (Wildman–Crippen MR) is 68.2 cm³/mol. The maximum absolute atomic E-state index is 11.9. The van der Waals surface area contributed by atoms with E-state index in [-0.39, 0.29) is 30.6 Å². The summed E-state index contributed by atoms with van der Waals surface area (Å²) < 4.78 is 5.57. The van der Waals surface area contributed by atoms with Crippen molar-refractivity contribution >= 4 is 11.8 Å². The Morgan fingerprint density at radius 2 is 1.89 bits per heavy atom. The summed E-state index contributed by atoms with van der Waals surface area (Å²) in [5.41, 5.74) is -0.235. The van der Waals surface area contributed by atoms with Gasteiger partial charge in [-0.2, -0.15) is 0 Å². The second-order valence-corrected chi connectivity index (χ2v) is 5.04. The fourth-order valence-corrected chi connectivity index (χ4v) is 1.59. The van der Waals surface area contributed by atoms with Crippen molar-refractivity contribution in [3.05, 3.63) is 0 Å². The van der Waals surface area contributed by atoms with E-state index < -0.39 is 0 Å². The van der Waals surface area contributed by atoms with Crippen LogP contribution < -0.4 is 5.32 Å². The quantitative estimate of drug-likeness (QED) is 0.683. The molecule has 1 rings (SSSR count). The van der Waals surface area contributed by atoms with Gasteiger partial charge in [0.1, 0.15) is 6.61 Å². The molecule has 0 bridgehead atoms. The molecule has 0 unspecified atom stereocenters. The zero-order chi connectivity index (χ0) is 13.8. The van der Waals surface area contributed by atoms with E-state index in [4.69, 9.17) is 4.74 Å². The number of likely N-dealkylation sites (N-methyl/N-ethyl adjacent to an activating group) is 2. The predicted octanol–water partition coefficient (Wildman–Crippen LogP) is -0.698. The van der Waals surface area contributed by atoms with Crippen LogP contribution in [-0.2, 0) is 14.3 Å². The molecule has 6 nitrogen and oxygen atoms in total. The first-order valence-corrected chi connectivity index (χ1v) is 6.20. The molecule has 1 fully saturated rings. The zero-order valence-electron chi connectivity index (χ0n) is 11.7. The number of amides is 2. The molecule has 0 aromatic rings. The standard InChI is InChI=1S/C12H23N3O3/c1-5-15(6-10(16)14(3)4)11(17)7-18-12(2)8-13-9-12/h13H,5-9H2,1-4H3. The number of nitrogens with one attached hydrogen (secondary N) is 1. The van der Waals surface area contributed by atoms with Crippen LogP contribution in [0.3, 0.4) is 0 Å². The van der Waals surface area contributed by atoms with Crippen molar-refractivity contribution in [2.45, 2.75) is 19.4 Å². The second kappa shape index (κ2) is 6.15. The Bertz CT molecular complexity index is 314. The molecule has 1 saturated heterocycles. The summed E-state index contributed by atoms with van der Waals surface area (Å²) in [4.78, 5) is 26.5. The molecule has 104 valence electrons. The fourth-order valence-electron chi connectivity index (χ4n) is 1.59. The Labute approximate surface area is 108 Å². The minimum absolute atomic E-state index is 0.0345. The topological polar surface area (TPSA) is 61.9 Å². The highest BCUT2D eigenvalue weighted by molar-refractivity contribution is 5.85. The monoisotopic (exact) mass is 257 g/mol. The molecule has 1 heterocycles. The van der Waals surface area contributed by atoms with Gasteiger partial charge in [0.2, 0.25) is 11.8 Å². The molecule has 6 heteroatoms. The van der Waals surface area contributed by atoms with Gasteiger partial charge in [0.05, 0.1) is 12.1 Å². The van der Waals surface area contributed by atoms with E-state index in [2.05, 4.69) is 5.32 Å². The summed E-state index contributed by atoms with van der Waals surface area (Å²) in [7, 11) is 3.36.